The standard InChI is InChI=1S/C22H29N3O3S3/c1-13(2)11-18-16(6)25-19(21(30-18)29-12-14(3)4)20(23-22(25)26)24-31(27,28)17-9-7-15(5)8-10-17/h7-10,13-14H,11-12H2,1-6H3,(H,23,24,26). The molecule has 0 unspecified atom stereocenters. The zero-order valence-corrected chi connectivity index (χ0v) is 21.2. The van der Waals surface area contributed by atoms with E-state index in [1.807, 2.05) is 13.8 Å². The summed E-state index contributed by atoms with van der Waals surface area (Å²) in [7, 11) is -3.87. The summed E-state index contributed by atoms with van der Waals surface area (Å²) in [6.07, 6.45) is 0.851. The molecule has 0 saturated heterocycles. The Labute approximate surface area is 192 Å². The Hall–Kier alpha value is -1.84. The number of hydrogen-bond acceptors (Lipinski definition) is 6. The SMILES string of the molecule is Cc1ccc(S(=O)(=O)Nc2nc(=O)n3c(C)c(CC(C)C)sc(SCC(C)C)c2-3)cc1. The fraction of sp³-hybridized carbons (Fsp3) is 0.455. The van der Waals surface area contributed by atoms with E-state index in [1.54, 1.807) is 51.9 Å². The molecule has 0 bridgehead atoms. The quantitative estimate of drug-likeness (QED) is 0.455. The topological polar surface area (TPSA) is 81.1 Å². The van der Waals surface area contributed by atoms with Crippen molar-refractivity contribution < 1.29 is 8.42 Å². The van der Waals surface area contributed by atoms with Gasteiger partial charge in [0.05, 0.1) is 9.10 Å². The van der Waals surface area contributed by atoms with Gasteiger partial charge in [0.15, 0.2) is 5.82 Å². The van der Waals surface area contributed by atoms with Gasteiger partial charge in [-0.15, -0.1) is 23.1 Å². The summed E-state index contributed by atoms with van der Waals surface area (Å²) in [4.78, 5) is 18.2. The van der Waals surface area contributed by atoms with E-state index in [2.05, 4.69) is 37.4 Å². The number of thioether (sulfide) groups is 1. The molecule has 168 valence electrons. The average Bonchev–Trinajstić information content (AvgIpc) is 2.98. The molecular formula is C22H29N3O3S3. The minimum absolute atomic E-state index is 0.0901. The Morgan fingerprint density at radius 1 is 1.10 bits per heavy atom. The summed E-state index contributed by atoms with van der Waals surface area (Å²) < 4.78 is 31.0. The number of imidazole rings is 1. The normalized spacial score (nSPS) is 12.3. The molecule has 0 fully saturated rings. The van der Waals surface area contributed by atoms with E-state index < -0.39 is 15.7 Å². The lowest BCUT2D eigenvalue weighted by molar-refractivity contribution is 0.601. The fourth-order valence-electron chi connectivity index (χ4n) is 3.13. The smallest absolute Gasteiger partial charge is 0.261 e. The van der Waals surface area contributed by atoms with Crippen molar-refractivity contribution in [3.63, 3.8) is 0 Å². The van der Waals surface area contributed by atoms with E-state index in [-0.39, 0.29) is 10.7 Å². The van der Waals surface area contributed by atoms with Crippen LogP contribution in [0.4, 0.5) is 5.82 Å². The van der Waals surface area contributed by atoms with Gasteiger partial charge < -0.3 is 0 Å². The molecule has 1 aromatic rings. The fourth-order valence-corrected chi connectivity index (χ4v) is 6.86. The zero-order valence-electron chi connectivity index (χ0n) is 18.7. The van der Waals surface area contributed by atoms with Gasteiger partial charge >= 0.3 is 5.69 Å². The Morgan fingerprint density at radius 3 is 2.32 bits per heavy atom. The van der Waals surface area contributed by atoms with Crippen molar-refractivity contribution in [3.8, 4) is 5.69 Å². The Kier molecular flexibility index (Phi) is 7.18. The van der Waals surface area contributed by atoms with E-state index in [0.29, 0.717) is 17.5 Å². The first-order chi connectivity index (χ1) is 14.5. The van der Waals surface area contributed by atoms with E-state index >= 15 is 0 Å². The number of hydrogen-bond donors (Lipinski definition) is 1. The molecule has 6 nitrogen and oxygen atoms in total. The highest BCUT2D eigenvalue weighted by Gasteiger charge is 2.27. The minimum atomic E-state index is -3.87. The highest BCUT2D eigenvalue weighted by molar-refractivity contribution is 8.01. The van der Waals surface area contributed by atoms with Crippen molar-refractivity contribution in [3.05, 3.63) is 50.9 Å². The molecule has 0 aromatic heterocycles. The maximum Gasteiger partial charge on any atom is 0.354 e. The van der Waals surface area contributed by atoms with Crippen LogP contribution in [0.1, 0.15) is 43.8 Å². The Bertz CT molecular complexity index is 1190. The minimum Gasteiger partial charge on any atom is -0.261 e. The Morgan fingerprint density at radius 2 is 1.74 bits per heavy atom. The summed E-state index contributed by atoms with van der Waals surface area (Å²) in [6.45, 7) is 12.4. The number of aryl methyl sites for hydroxylation is 1. The number of aromatic nitrogens is 2. The van der Waals surface area contributed by atoms with Crippen molar-refractivity contribution in [2.24, 2.45) is 11.8 Å². The molecule has 0 radical (unpaired) electrons. The van der Waals surface area contributed by atoms with E-state index in [0.717, 1.165) is 32.5 Å². The van der Waals surface area contributed by atoms with Crippen LogP contribution in [0.25, 0.3) is 5.69 Å². The third kappa shape index (κ3) is 5.32. The lowest BCUT2D eigenvalue weighted by Gasteiger charge is -2.18. The molecule has 0 saturated carbocycles. The molecule has 1 aromatic carbocycles. The molecule has 3 rings (SSSR count). The van der Waals surface area contributed by atoms with Gasteiger partial charge in [-0.05, 0) is 44.2 Å². The maximum absolute atomic E-state index is 13.0. The van der Waals surface area contributed by atoms with Crippen molar-refractivity contribution >= 4 is 38.9 Å². The van der Waals surface area contributed by atoms with E-state index in [4.69, 9.17) is 0 Å². The van der Waals surface area contributed by atoms with Crippen LogP contribution in [-0.4, -0.2) is 23.7 Å². The largest absolute Gasteiger partial charge is 0.354 e. The molecular weight excluding hydrogens is 450 g/mol. The van der Waals surface area contributed by atoms with Gasteiger partial charge in [0.25, 0.3) is 10.0 Å². The third-order valence-electron chi connectivity index (χ3n) is 4.70. The molecule has 9 heteroatoms. The average molecular weight is 480 g/mol. The van der Waals surface area contributed by atoms with Gasteiger partial charge in [-0.3, -0.25) is 9.29 Å². The lowest BCUT2D eigenvalue weighted by Crippen LogP contribution is -2.18. The summed E-state index contributed by atoms with van der Waals surface area (Å²) in [5.41, 5.74) is 1.87. The highest BCUT2D eigenvalue weighted by Crippen LogP contribution is 2.40. The molecule has 0 atom stereocenters. The first-order valence-electron chi connectivity index (χ1n) is 10.3. The molecule has 2 aliphatic heterocycles. The molecule has 0 spiro atoms. The predicted molar refractivity (Wildman–Crippen MR) is 130 cm³/mol. The van der Waals surface area contributed by atoms with Crippen LogP contribution in [0.2, 0.25) is 0 Å². The molecule has 2 aliphatic rings. The number of rotatable bonds is 8. The number of anilines is 1. The van der Waals surface area contributed by atoms with Crippen molar-refractivity contribution in [1.82, 2.24) is 9.55 Å². The van der Waals surface area contributed by atoms with Crippen LogP contribution >= 0.6 is 23.1 Å². The molecule has 1 N–H and O–H groups in total. The van der Waals surface area contributed by atoms with Crippen molar-refractivity contribution in [1.29, 1.82) is 0 Å². The van der Waals surface area contributed by atoms with Crippen LogP contribution in [0.5, 0.6) is 0 Å². The molecule has 0 aliphatic carbocycles. The monoisotopic (exact) mass is 479 g/mol. The second-order valence-electron chi connectivity index (χ2n) is 8.55. The molecule has 0 amide bonds. The van der Waals surface area contributed by atoms with Crippen LogP contribution < -0.4 is 10.4 Å². The number of nitrogens with one attached hydrogen (secondary N) is 1. The zero-order chi connectivity index (χ0) is 22.9. The second-order valence-corrected chi connectivity index (χ2v) is 12.6. The van der Waals surface area contributed by atoms with Gasteiger partial charge in [0.1, 0.15) is 5.69 Å². The highest BCUT2D eigenvalue weighted by atomic mass is 32.2. The van der Waals surface area contributed by atoms with Crippen molar-refractivity contribution in [2.75, 3.05) is 10.5 Å². The van der Waals surface area contributed by atoms with E-state index in [9.17, 15) is 13.2 Å². The molecule has 2 heterocycles. The maximum atomic E-state index is 13.0. The van der Waals surface area contributed by atoms with Gasteiger partial charge in [0, 0.05) is 16.3 Å². The summed E-state index contributed by atoms with van der Waals surface area (Å²) in [5, 5.41) is 0. The van der Waals surface area contributed by atoms with Gasteiger partial charge in [-0.1, -0.05) is 45.4 Å². The van der Waals surface area contributed by atoms with Gasteiger partial charge in [0.2, 0.25) is 0 Å². The van der Waals surface area contributed by atoms with Crippen LogP contribution in [0.15, 0.2) is 38.2 Å². The first kappa shape index (κ1) is 23.8. The van der Waals surface area contributed by atoms with Gasteiger partial charge in [-0.25, -0.2) is 13.2 Å². The summed E-state index contributed by atoms with van der Waals surface area (Å²) >= 11 is 3.27. The summed E-state index contributed by atoms with van der Waals surface area (Å²) in [6, 6.07) is 6.59. The summed E-state index contributed by atoms with van der Waals surface area (Å²) in [5.74, 6) is 1.84. The predicted octanol–water partition coefficient (Wildman–Crippen LogP) is 5.10. The first-order valence-corrected chi connectivity index (χ1v) is 13.6. The number of nitrogens with zero attached hydrogens (tertiary/aromatic N) is 2. The number of sulfonamides is 1. The van der Waals surface area contributed by atoms with E-state index in [1.165, 1.54) is 0 Å². The van der Waals surface area contributed by atoms with Crippen LogP contribution in [0.3, 0.4) is 0 Å². The third-order valence-corrected chi connectivity index (χ3v) is 9.03. The second kappa shape index (κ2) is 9.34. The van der Waals surface area contributed by atoms with Crippen LogP contribution in [-0.2, 0) is 16.4 Å². The Balaban J connectivity index is 2.14. The van der Waals surface area contributed by atoms with Crippen LogP contribution in [0, 0.1) is 25.7 Å². The number of benzene rings is 1. The number of fused-ring (bicyclic) bond motifs is 1. The molecule has 31 heavy (non-hydrogen) atoms. The van der Waals surface area contributed by atoms with Crippen molar-refractivity contribution in [2.45, 2.75) is 57.1 Å². The van der Waals surface area contributed by atoms with Gasteiger partial charge in [-0.2, -0.15) is 4.98 Å². The lowest BCUT2D eigenvalue weighted by atomic mass is 10.1.